The summed E-state index contributed by atoms with van der Waals surface area (Å²) in [5, 5.41) is 22.8. The van der Waals surface area contributed by atoms with Crippen molar-refractivity contribution in [3.63, 3.8) is 0 Å². The first-order valence-electron chi connectivity index (χ1n) is 8.85. The fourth-order valence-electron chi connectivity index (χ4n) is 2.25. The highest BCUT2D eigenvalue weighted by atomic mass is 16.4. The van der Waals surface area contributed by atoms with E-state index in [0.29, 0.717) is 12.8 Å². The third kappa shape index (κ3) is 9.71. The zero-order chi connectivity index (χ0) is 21.9. The number of nitrogens with zero attached hydrogens (tertiary/aromatic N) is 1. The van der Waals surface area contributed by atoms with Crippen LogP contribution in [-0.2, 0) is 19.2 Å². The quantitative estimate of drug-likeness (QED) is 0.102. The van der Waals surface area contributed by atoms with Gasteiger partial charge in [0.1, 0.15) is 12.1 Å². The van der Waals surface area contributed by atoms with Crippen LogP contribution in [0.25, 0.3) is 0 Å². The average molecular weight is 402 g/mol. The number of carbonyl (C=O) groups is 4. The van der Waals surface area contributed by atoms with Gasteiger partial charge in [0.15, 0.2) is 5.96 Å². The topological polar surface area (TPSA) is 223 Å². The number of carbonyl (C=O) groups excluding carboxylic acids is 2. The molecule has 160 valence electrons. The number of guanidine groups is 1. The molecule has 0 aliphatic carbocycles. The number of hydrogen-bond donors (Lipinski definition) is 7. The molecule has 12 heteroatoms. The summed E-state index contributed by atoms with van der Waals surface area (Å²) in [7, 11) is 0. The minimum atomic E-state index is -1.46. The molecule has 4 unspecified atom stereocenters. The van der Waals surface area contributed by atoms with Crippen molar-refractivity contribution in [1.29, 1.82) is 0 Å². The third-order valence-electron chi connectivity index (χ3n) is 4.09. The number of hydrogen-bond acceptors (Lipinski definition) is 6. The van der Waals surface area contributed by atoms with Crippen LogP contribution in [0.1, 0.15) is 39.5 Å². The first-order chi connectivity index (χ1) is 13.0. The second kappa shape index (κ2) is 12.5. The Labute approximate surface area is 162 Å². The van der Waals surface area contributed by atoms with E-state index in [2.05, 4.69) is 15.6 Å². The van der Waals surface area contributed by atoms with Crippen LogP contribution >= 0.6 is 0 Å². The zero-order valence-electron chi connectivity index (χ0n) is 16.1. The molecule has 0 aromatic rings. The average Bonchev–Trinajstić information content (AvgIpc) is 2.60. The highest BCUT2D eigenvalue weighted by Gasteiger charge is 2.31. The molecule has 0 rings (SSSR count). The molecule has 0 aliphatic rings. The molecule has 4 atom stereocenters. The lowest BCUT2D eigenvalue weighted by Gasteiger charge is -2.24. The number of amides is 2. The highest BCUT2D eigenvalue weighted by Crippen LogP contribution is 2.09. The second-order valence-electron chi connectivity index (χ2n) is 6.42. The number of rotatable bonds is 13. The smallest absolute Gasteiger partial charge is 0.326 e. The third-order valence-corrected chi connectivity index (χ3v) is 4.09. The van der Waals surface area contributed by atoms with E-state index in [1.54, 1.807) is 13.8 Å². The summed E-state index contributed by atoms with van der Waals surface area (Å²) in [5.41, 5.74) is 16.1. The number of aliphatic imine (C=N–C) groups is 1. The van der Waals surface area contributed by atoms with Crippen LogP contribution < -0.4 is 27.8 Å². The van der Waals surface area contributed by atoms with Gasteiger partial charge in [-0.2, -0.15) is 0 Å². The number of nitrogens with one attached hydrogen (secondary N) is 2. The molecule has 2 amide bonds. The zero-order valence-corrected chi connectivity index (χ0v) is 16.1. The lowest BCUT2D eigenvalue weighted by Crippen LogP contribution is -2.56. The van der Waals surface area contributed by atoms with E-state index >= 15 is 0 Å². The first-order valence-corrected chi connectivity index (χ1v) is 8.85. The van der Waals surface area contributed by atoms with Crippen molar-refractivity contribution in [1.82, 2.24) is 10.6 Å². The van der Waals surface area contributed by atoms with Crippen LogP contribution in [0.5, 0.6) is 0 Å². The van der Waals surface area contributed by atoms with Gasteiger partial charge in [0, 0.05) is 6.54 Å². The van der Waals surface area contributed by atoms with Crippen molar-refractivity contribution >= 4 is 29.7 Å². The normalized spacial score (nSPS) is 14.8. The van der Waals surface area contributed by atoms with Crippen molar-refractivity contribution in [3.8, 4) is 0 Å². The molecule has 0 bridgehead atoms. The summed E-state index contributed by atoms with van der Waals surface area (Å²) >= 11 is 0. The molecule has 0 spiro atoms. The molecule has 0 saturated heterocycles. The molecule has 0 fully saturated rings. The fraction of sp³-hybridized carbons (Fsp3) is 0.688. The van der Waals surface area contributed by atoms with Gasteiger partial charge in [0.25, 0.3) is 0 Å². The van der Waals surface area contributed by atoms with Crippen molar-refractivity contribution in [2.45, 2.75) is 57.7 Å². The van der Waals surface area contributed by atoms with E-state index in [1.807, 2.05) is 0 Å². The van der Waals surface area contributed by atoms with Crippen molar-refractivity contribution < 1.29 is 29.4 Å². The van der Waals surface area contributed by atoms with Gasteiger partial charge in [-0.25, -0.2) is 4.79 Å². The molecule has 0 heterocycles. The second-order valence-corrected chi connectivity index (χ2v) is 6.42. The van der Waals surface area contributed by atoms with Gasteiger partial charge in [0.05, 0.1) is 12.5 Å². The molecular weight excluding hydrogens is 372 g/mol. The molecule has 0 aromatic heterocycles. The molecule has 0 aromatic carbocycles. The van der Waals surface area contributed by atoms with Crippen LogP contribution in [-0.4, -0.2) is 64.6 Å². The predicted octanol–water partition coefficient (Wildman–Crippen LogP) is -2.06. The molecule has 12 nitrogen and oxygen atoms in total. The Morgan fingerprint density at radius 1 is 1.07 bits per heavy atom. The summed E-state index contributed by atoms with van der Waals surface area (Å²) in [6.45, 7) is 3.65. The molecular formula is C16H30N6O6. The SMILES string of the molecule is CCC(C)C(NC(=O)C(CC(=O)O)NC(=O)C(N)CCCN=C(N)N)C(=O)O. The van der Waals surface area contributed by atoms with Crippen LogP contribution in [0, 0.1) is 5.92 Å². The van der Waals surface area contributed by atoms with Crippen LogP contribution in [0.2, 0.25) is 0 Å². The van der Waals surface area contributed by atoms with Gasteiger partial charge in [-0.05, 0) is 18.8 Å². The van der Waals surface area contributed by atoms with E-state index < -0.39 is 48.3 Å². The van der Waals surface area contributed by atoms with Gasteiger partial charge >= 0.3 is 11.9 Å². The largest absolute Gasteiger partial charge is 0.481 e. The molecule has 10 N–H and O–H groups in total. The number of carboxylic acid groups (broad SMARTS) is 2. The Morgan fingerprint density at radius 2 is 1.68 bits per heavy atom. The van der Waals surface area contributed by atoms with Crippen molar-refractivity contribution in [3.05, 3.63) is 0 Å². The summed E-state index contributed by atoms with van der Waals surface area (Å²) in [5.74, 6) is -4.71. The Balaban J connectivity index is 4.98. The van der Waals surface area contributed by atoms with Crippen LogP contribution in [0.4, 0.5) is 0 Å². The van der Waals surface area contributed by atoms with Gasteiger partial charge in [-0.1, -0.05) is 20.3 Å². The van der Waals surface area contributed by atoms with Gasteiger partial charge in [-0.15, -0.1) is 0 Å². The standard InChI is InChI=1S/C16H30N6O6/c1-3-8(2)12(15(27)28)22-14(26)10(7-11(23)24)21-13(25)9(17)5-4-6-20-16(18)19/h8-10,12H,3-7,17H2,1-2H3,(H,21,25)(H,22,26)(H,23,24)(H,27,28)(H4,18,19,20). The maximum atomic E-state index is 12.4. The van der Waals surface area contributed by atoms with E-state index in [-0.39, 0.29) is 24.8 Å². The molecule has 28 heavy (non-hydrogen) atoms. The van der Waals surface area contributed by atoms with Gasteiger partial charge in [0.2, 0.25) is 11.8 Å². The minimum Gasteiger partial charge on any atom is -0.481 e. The first kappa shape index (κ1) is 25.1. The van der Waals surface area contributed by atoms with Crippen molar-refractivity contribution in [2.24, 2.45) is 28.1 Å². The lowest BCUT2D eigenvalue weighted by molar-refractivity contribution is -0.144. The monoisotopic (exact) mass is 402 g/mol. The summed E-state index contributed by atoms with van der Waals surface area (Å²) < 4.78 is 0. The summed E-state index contributed by atoms with van der Waals surface area (Å²) in [6, 6.07) is -3.68. The van der Waals surface area contributed by atoms with E-state index in [1.165, 1.54) is 0 Å². The van der Waals surface area contributed by atoms with Crippen molar-refractivity contribution in [2.75, 3.05) is 6.54 Å². The predicted molar refractivity (Wildman–Crippen MR) is 101 cm³/mol. The molecule has 0 saturated carbocycles. The Hall–Kier alpha value is -2.89. The number of aliphatic carboxylic acids is 2. The van der Waals surface area contributed by atoms with Gasteiger partial charge < -0.3 is 38.0 Å². The van der Waals surface area contributed by atoms with E-state index in [4.69, 9.17) is 22.3 Å². The molecule has 0 aliphatic heterocycles. The van der Waals surface area contributed by atoms with Crippen LogP contribution in [0.3, 0.4) is 0 Å². The lowest BCUT2D eigenvalue weighted by atomic mass is 9.98. The maximum Gasteiger partial charge on any atom is 0.326 e. The number of nitrogens with two attached hydrogens (primary N) is 3. The van der Waals surface area contributed by atoms with Crippen LogP contribution in [0.15, 0.2) is 4.99 Å². The highest BCUT2D eigenvalue weighted by molar-refractivity contribution is 5.93. The Morgan fingerprint density at radius 3 is 2.14 bits per heavy atom. The maximum absolute atomic E-state index is 12.4. The van der Waals surface area contributed by atoms with E-state index in [0.717, 1.165) is 0 Å². The summed E-state index contributed by atoms with van der Waals surface area (Å²) in [6.07, 6.45) is 0.366. The Kier molecular flexibility index (Phi) is 11.2. The van der Waals surface area contributed by atoms with E-state index in [9.17, 15) is 24.3 Å². The minimum absolute atomic E-state index is 0.0921. The van der Waals surface area contributed by atoms with Gasteiger partial charge in [-0.3, -0.25) is 19.4 Å². The summed E-state index contributed by atoms with van der Waals surface area (Å²) in [4.78, 5) is 50.7. The fourth-order valence-corrected chi connectivity index (χ4v) is 2.25. The number of carboxylic acids is 2. The Bertz CT molecular complexity index is 592. The molecule has 0 radical (unpaired) electrons.